The molecule has 0 aliphatic carbocycles. The molecule has 1 aromatic carbocycles. The first-order chi connectivity index (χ1) is 10.3. The van der Waals surface area contributed by atoms with Crippen molar-refractivity contribution in [2.24, 2.45) is 0 Å². The fraction of sp³-hybridized carbons (Fsp3) is 0.667. The Labute approximate surface area is 134 Å². The Morgan fingerprint density at radius 2 is 1.91 bits per heavy atom. The fourth-order valence-electron chi connectivity index (χ4n) is 3.13. The van der Waals surface area contributed by atoms with Crippen LogP contribution in [0.25, 0.3) is 0 Å². The van der Waals surface area contributed by atoms with Gasteiger partial charge in [-0.25, -0.2) is 0 Å². The van der Waals surface area contributed by atoms with Crippen LogP contribution in [0.3, 0.4) is 0 Å². The van der Waals surface area contributed by atoms with Gasteiger partial charge in [-0.3, -0.25) is 0 Å². The molecule has 0 saturated carbocycles. The van der Waals surface area contributed by atoms with E-state index in [0.29, 0.717) is 13.0 Å². The van der Waals surface area contributed by atoms with Crippen LogP contribution in [0.5, 0.6) is 0 Å². The largest absolute Gasteiger partial charge is 0.390 e. The van der Waals surface area contributed by atoms with Crippen LogP contribution in [-0.2, 0) is 11.3 Å². The number of rotatable bonds is 6. The molecule has 2 N–H and O–H groups in total. The van der Waals surface area contributed by atoms with Gasteiger partial charge in [-0.2, -0.15) is 0 Å². The minimum atomic E-state index is -0.594. The predicted octanol–water partition coefficient (Wildman–Crippen LogP) is 2.55. The molecule has 0 bridgehead atoms. The Balaban J connectivity index is 1.74. The van der Waals surface area contributed by atoms with Crippen molar-refractivity contribution in [3.63, 3.8) is 0 Å². The third-order valence-electron chi connectivity index (χ3n) is 4.36. The molecule has 22 heavy (non-hydrogen) atoms. The Kier molecular flexibility index (Phi) is 5.48. The van der Waals surface area contributed by atoms with E-state index in [2.05, 4.69) is 48.3 Å². The number of nitrogens with zero attached hydrogens (tertiary/aromatic N) is 1. The lowest BCUT2D eigenvalue weighted by Crippen LogP contribution is -2.47. The second-order valence-corrected chi connectivity index (χ2v) is 7.25. The summed E-state index contributed by atoms with van der Waals surface area (Å²) >= 11 is 0. The fourth-order valence-corrected chi connectivity index (χ4v) is 3.13. The zero-order chi connectivity index (χ0) is 16.2. The van der Waals surface area contributed by atoms with Crippen LogP contribution in [-0.4, -0.2) is 43.6 Å². The third-order valence-corrected chi connectivity index (χ3v) is 4.36. The quantitative estimate of drug-likeness (QED) is 0.793. The van der Waals surface area contributed by atoms with Crippen molar-refractivity contribution >= 4 is 5.69 Å². The Morgan fingerprint density at radius 3 is 2.50 bits per heavy atom. The predicted molar refractivity (Wildman–Crippen MR) is 91.3 cm³/mol. The molecule has 0 aromatic heterocycles. The summed E-state index contributed by atoms with van der Waals surface area (Å²) < 4.78 is 5.68. The highest BCUT2D eigenvalue weighted by atomic mass is 16.5. The van der Waals surface area contributed by atoms with E-state index in [1.165, 1.54) is 11.3 Å². The number of nitrogens with one attached hydrogen (secondary N) is 1. The van der Waals surface area contributed by atoms with Gasteiger partial charge in [-0.15, -0.1) is 0 Å². The molecule has 0 unspecified atom stereocenters. The molecular weight excluding hydrogens is 276 g/mol. The summed E-state index contributed by atoms with van der Waals surface area (Å²) in [6, 6.07) is 8.56. The Hall–Kier alpha value is -1.10. The molecule has 0 spiro atoms. The summed E-state index contributed by atoms with van der Waals surface area (Å²) in [6.07, 6.45) is 2.21. The molecule has 1 atom stereocenters. The van der Waals surface area contributed by atoms with E-state index in [0.717, 1.165) is 25.9 Å². The van der Waals surface area contributed by atoms with E-state index >= 15 is 0 Å². The monoisotopic (exact) mass is 306 g/mol. The molecule has 1 aliphatic rings. The van der Waals surface area contributed by atoms with Crippen LogP contribution in [0.1, 0.15) is 38.7 Å². The summed E-state index contributed by atoms with van der Waals surface area (Å²) in [5.41, 5.74) is 1.67. The molecule has 1 fully saturated rings. The van der Waals surface area contributed by atoms with Crippen LogP contribution >= 0.6 is 0 Å². The van der Waals surface area contributed by atoms with Crippen molar-refractivity contribution in [3.8, 4) is 0 Å². The van der Waals surface area contributed by atoms with E-state index in [1.807, 2.05) is 14.1 Å². The van der Waals surface area contributed by atoms with E-state index < -0.39 is 5.60 Å². The van der Waals surface area contributed by atoms with Gasteiger partial charge in [-0.05, 0) is 50.9 Å². The molecule has 4 heteroatoms. The molecule has 1 aliphatic heterocycles. The second-order valence-electron chi connectivity index (χ2n) is 7.25. The zero-order valence-electron chi connectivity index (χ0n) is 14.4. The molecule has 124 valence electrons. The molecule has 0 amide bonds. The van der Waals surface area contributed by atoms with Gasteiger partial charge in [0.2, 0.25) is 0 Å². The maximum absolute atomic E-state index is 10.7. The first-order valence-electron chi connectivity index (χ1n) is 8.13. The normalized spacial score (nSPS) is 24.2. The minimum Gasteiger partial charge on any atom is -0.390 e. The number of hydrogen-bond donors (Lipinski definition) is 2. The SMILES string of the molecule is CN(C)c1ccc(CNCC[C@]2(O)CCOC(C)(C)C2)cc1. The molecular formula is C18H30N2O2. The molecule has 4 nitrogen and oxygen atoms in total. The number of aliphatic hydroxyl groups is 1. The molecule has 1 aromatic rings. The number of hydrogen-bond acceptors (Lipinski definition) is 4. The summed E-state index contributed by atoms with van der Waals surface area (Å²) in [5.74, 6) is 0. The van der Waals surface area contributed by atoms with E-state index in [9.17, 15) is 5.11 Å². The highest BCUT2D eigenvalue weighted by Gasteiger charge is 2.38. The van der Waals surface area contributed by atoms with Crippen molar-refractivity contribution in [2.75, 3.05) is 32.1 Å². The second kappa shape index (κ2) is 6.99. The number of benzene rings is 1. The molecule has 2 rings (SSSR count). The topological polar surface area (TPSA) is 44.7 Å². The molecule has 0 radical (unpaired) electrons. The van der Waals surface area contributed by atoms with Crippen molar-refractivity contribution in [2.45, 2.75) is 50.9 Å². The van der Waals surface area contributed by atoms with Crippen LogP contribution in [0, 0.1) is 0 Å². The van der Waals surface area contributed by atoms with Crippen LogP contribution in [0.2, 0.25) is 0 Å². The molecule has 1 heterocycles. The lowest BCUT2D eigenvalue weighted by Gasteiger charge is -2.41. The average molecular weight is 306 g/mol. The number of anilines is 1. The van der Waals surface area contributed by atoms with Gasteiger partial charge in [0.05, 0.1) is 17.8 Å². The zero-order valence-corrected chi connectivity index (χ0v) is 14.4. The van der Waals surface area contributed by atoms with Crippen LogP contribution in [0.4, 0.5) is 5.69 Å². The lowest BCUT2D eigenvalue weighted by molar-refractivity contribution is -0.146. The molecule has 1 saturated heterocycles. The van der Waals surface area contributed by atoms with Crippen molar-refractivity contribution in [1.29, 1.82) is 0 Å². The first kappa shape index (κ1) is 17.3. The highest BCUT2D eigenvalue weighted by molar-refractivity contribution is 5.45. The summed E-state index contributed by atoms with van der Waals surface area (Å²) in [5, 5.41) is 14.1. The Morgan fingerprint density at radius 1 is 1.23 bits per heavy atom. The summed E-state index contributed by atoms with van der Waals surface area (Å²) in [7, 11) is 4.09. The minimum absolute atomic E-state index is 0.213. The summed E-state index contributed by atoms with van der Waals surface area (Å²) in [4.78, 5) is 2.10. The van der Waals surface area contributed by atoms with Crippen LogP contribution < -0.4 is 10.2 Å². The van der Waals surface area contributed by atoms with Gasteiger partial charge in [0, 0.05) is 32.7 Å². The van der Waals surface area contributed by atoms with Gasteiger partial charge >= 0.3 is 0 Å². The van der Waals surface area contributed by atoms with E-state index in [1.54, 1.807) is 0 Å². The maximum atomic E-state index is 10.7. The van der Waals surface area contributed by atoms with E-state index in [-0.39, 0.29) is 5.60 Å². The van der Waals surface area contributed by atoms with Gasteiger partial charge in [0.1, 0.15) is 0 Å². The van der Waals surface area contributed by atoms with Gasteiger partial charge in [0.25, 0.3) is 0 Å². The maximum Gasteiger partial charge on any atom is 0.0709 e. The van der Waals surface area contributed by atoms with Crippen molar-refractivity contribution in [3.05, 3.63) is 29.8 Å². The third kappa shape index (κ3) is 4.97. The van der Waals surface area contributed by atoms with E-state index in [4.69, 9.17) is 4.74 Å². The standard InChI is InChI=1S/C18H30N2O2/c1-17(2)14-18(21,10-12-22-17)9-11-19-13-15-5-7-16(8-6-15)20(3)4/h5-8,19,21H,9-14H2,1-4H3/t18-/m0/s1. The smallest absolute Gasteiger partial charge is 0.0709 e. The summed E-state index contributed by atoms with van der Waals surface area (Å²) in [6.45, 7) is 6.41. The van der Waals surface area contributed by atoms with Gasteiger partial charge in [-0.1, -0.05) is 12.1 Å². The van der Waals surface area contributed by atoms with Gasteiger partial charge in [0.15, 0.2) is 0 Å². The van der Waals surface area contributed by atoms with Crippen molar-refractivity contribution < 1.29 is 9.84 Å². The Bertz CT molecular complexity index is 470. The number of ether oxygens (including phenoxy) is 1. The highest BCUT2D eigenvalue weighted by Crippen LogP contribution is 2.33. The van der Waals surface area contributed by atoms with Crippen molar-refractivity contribution in [1.82, 2.24) is 5.32 Å². The van der Waals surface area contributed by atoms with Crippen LogP contribution in [0.15, 0.2) is 24.3 Å². The van der Waals surface area contributed by atoms with Gasteiger partial charge < -0.3 is 20.1 Å². The lowest BCUT2D eigenvalue weighted by atomic mass is 9.82. The first-order valence-corrected chi connectivity index (χ1v) is 8.13. The average Bonchev–Trinajstić information content (AvgIpc) is 2.43.